The van der Waals surface area contributed by atoms with Gasteiger partial charge in [0.15, 0.2) is 0 Å². The molecule has 234 valence electrons. The molecule has 4 aromatic rings. The van der Waals surface area contributed by atoms with Gasteiger partial charge in [-0.2, -0.15) is 0 Å². The Labute approximate surface area is 266 Å². The SMILES string of the molecule is CCCCCCCCCCCCP(=O)(CP(=O)(c1ccccc1)c1ccccc1)CP(=O)(c1ccccc1)c1ccccc1. The van der Waals surface area contributed by atoms with Gasteiger partial charge in [-0.3, -0.25) is 0 Å². The van der Waals surface area contributed by atoms with Crippen molar-refractivity contribution in [3.05, 3.63) is 121 Å². The molecule has 0 amide bonds. The summed E-state index contributed by atoms with van der Waals surface area (Å²) in [5.41, 5.74) is 0. The van der Waals surface area contributed by atoms with Crippen molar-refractivity contribution < 1.29 is 13.7 Å². The molecule has 0 aliphatic heterocycles. The molecule has 0 aliphatic rings. The summed E-state index contributed by atoms with van der Waals surface area (Å²) in [5.74, 6) is 0.101. The summed E-state index contributed by atoms with van der Waals surface area (Å²) in [4.78, 5) is 0. The molecular formula is C38H49O3P3. The monoisotopic (exact) mass is 646 g/mol. The predicted molar refractivity (Wildman–Crippen MR) is 194 cm³/mol. The fourth-order valence-corrected chi connectivity index (χ4v) is 20.8. The molecule has 0 radical (unpaired) electrons. The van der Waals surface area contributed by atoms with Crippen molar-refractivity contribution in [1.29, 1.82) is 0 Å². The molecule has 0 aromatic heterocycles. The van der Waals surface area contributed by atoms with Crippen LogP contribution < -0.4 is 21.2 Å². The number of hydrogen-bond donors (Lipinski definition) is 0. The minimum atomic E-state index is -3.28. The molecule has 0 aliphatic carbocycles. The maximum Gasteiger partial charge on any atom is 0.150 e. The van der Waals surface area contributed by atoms with E-state index in [1.165, 1.54) is 44.9 Å². The third-order valence-electron chi connectivity index (χ3n) is 8.53. The van der Waals surface area contributed by atoms with Crippen LogP contribution in [0, 0.1) is 0 Å². The summed E-state index contributed by atoms with van der Waals surface area (Å²) in [6, 6.07) is 38.0. The highest BCUT2D eigenvalue weighted by molar-refractivity contribution is 7.95. The molecule has 0 spiro atoms. The van der Waals surface area contributed by atoms with Gasteiger partial charge in [0.1, 0.15) is 21.4 Å². The van der Waals surface area contributed by atoms with E-state index >= 15 is 13.7 Å². The third-order valence-corrected chi connectivity index (χ3v) is 21.5. The van der Waals surface area contributed by atoms with Gasteiger partial charge in [0.05, 0.1) is 11.8 Å². The summed E-state index contributed by atoms with van der Waals surface area (Å²) in [6.45, 7) is 2.25. The second-order valence-corrected chi connectivity index (χ2v) is 21.9. The standard InChI is InChI=1S/C38H49O3P3/c1-2-3-4-5-6-7-8-9-10-23-32-42(39,33-43(40,35-24-15-11-16-25-35)36-26-17-12-18-27-36)34-44(41,37-28-19-13-20-29-37)38-30-21-14-22-31-38/h11-22,24-31H,2-10,23,32-34H2,1H3. The van der Waals surface area contributed by atoms with E-state index < -0.39 is 21.4 Å². The third kappa shape index (κ3) is 9.54. The smallest absolute Gasteiger partial charge is 0.150 e. The van der Waals surface area contributed by atoms with Crippen molar-refractivity contribution in [2.75, 3.05) is 18.0 Å². The molecule has 0 saturated heterocycles. The van der Waals surface area contributed by atoms with E-state index in [-0.39, 0.29) is 11.8 Å². The van der Waals surface area contributed by atoms with Crippen LogP contribution in [0.15, 0.2) is 121 Å². The van der Waals surface area contributed by atoms with E-state index in [0.29, 0.717) is 27.4 Å². The van der Waals surface area contributed by atoms with Crippen LogP contribution >= 0.6 is 21.4 Å². The summed E-state index contributed by atoms with van der Waals surface area (Å²) < 4.78 is 45.9. The molecule has 0 heterocycles. The van der Waals surface area contributed by atoms with Gasteiger partial charge in [-0.25, -0.2) is 0 Å². The molecule has 0 saturated carbocycles. The van der Waals surface area contributed by atoms with Crippen molar-refractivity contribution >= 4 is 42.6 Å². The maximum absolute atomic E-state index is 15.4. The molecule has 0 fully saturated rings. The molecule has 0 unspecified atom stereocenters. The second-order valence-electron chi connectivity index (χ2n) is 12.1. The molecule has 0 N–H and O–H groups in total. The van der Waals surface area contributed by atoms with Crippen LogP contribution in [0.5, 0.6) is 0 Å². The summed E-state index contributed by atoms with van der Waals surface area (Å²) in [6.07, 6.45) is 12.3. The fourth-order valence-electron chi connectivity index (χ4n) is 6.10. The lowest BCUT2D eigenvalue weighted by Crippen LogP contribution is -2.23. The van der Waals surface area contributed by atoms with E-state index in [1.54, 1.807) is 0 Å². The molecule has 0 bridgehead atoms. The van der Waals surface area contributed by atoms with Crippen LogP contribution in [-0.4, -0.2) is 18.0 Å². The Kier molecular flexibility index (Phi) is 13.6. The van der Waals surface area contributed by atoms with Gasteiger partial charge in [0, 0.05) is 27.4 Å². The van der Waals surface area contributed by atoms with Gasteiger partial charge < -0.3 is 13.7 Å². The fraction of sp³-hybridized carbons (Fsp3) is 0.368. The normalized spacial score (nSPS) is 12.3. The Morgan fingerprint density at radius 2 is 0.659 bits per heavy atom. The summed E-state index contributed by atoms with van der Waals surface area (Å²) in [7, 11) is -9.78. The van der Waals surface area contributed by atoms with Gasteiger partial charge in [-0.15, -0.1) is 0 Å². The predicted octanol–water partition coefficient (Wildman–Crippen LogP) is 10.2. The van der Waals surface area contributed by atoms with Crippen LogP contribution in [0.2, 0.25) is 0 Å². The highest BCUT2D eigenvalue weighted by atomic mass is 31.2. The van der Waals surface area contributed by atoms with Gasteiger partial charge in [-0.1, -0.05) is 186 Å². The lowest BCUT2D eigenvalue weighted by Gasteiger charge is -2.29. The molecule has 4 rings (SSSR count). The zero-order valence-corrected chi connectivity index (χ0v) is 29.0. The van der Waals surface area contributed by atoms with Gasteiger partial charge in [-0.05, 0) is 6.42 Å². The lowest BCUT2D eigenvalue weighted by molar-refractivity contribution is 0.555. The minimum absolute atomic E-state index is 0.0507. The minimum Gasteiger partial charge on any atom is -0.323 e. The van der Waals surface area contributed by atoms with E-state index in [2.05, 4.69) is 6.92 Å². The van der Waals surface area contributed by atoms with Gasteiger partial charge >= 0.3 is 0 Å². The Morgan fingerprint density at radius 3 is 0.955 bits per heavy atom. The first kappa shape index (κ1) is 34.4. The van der Waals surface area contributed by atoms with E-state index in [9.17, 15) is 0 Å². The maximum atomic E-state index is 15.4. The molecule has 0 atom stereocenters. The molecule has 4 aromatic carbocycles. The zero-order valence-electron chi connectivity index (χ0n) is 26.3. The first-order valence-electron chi connectivity index (χ1n) is 16.4. The number of unbranched alkanes of at least 4 members (excludes halogenated alkanes) is 9. The van der Waals surface area contributed by atoms with E-state index in [1.807, 2.05) is 121 Å². The van der Waals surface area contributed by atoms with Crippen molar-refractivity contribution in [1.82, 2.24) is 0 Å². The second kappa shape index (κ2) is 17.3. The highest BCUT2D eigenvalue weighted by Crippen LogP contribution is 2.67. The topological polar surface area (TPSA) is 51.2 Å². The Morgan fingerprint density at radius 1 is 0.386 bits per heavy atom. The van der Waals surface area contributed by atoms with Crippen molar-refractivity contribution in [3.8, 4) is 0 Å². The van der Waals surface area contributed by atoms with Gasteiger partial charge in [0.2, 0.25) is 0 Å². The van der Waals surface area contributed by atoms with Gasteiger partial charge in [0.25, 0.3) is 0 Å². The first-order valence-corrected chi connectivity index (χ1v) is 22.4. The van der Waals surface area contributed by atoms with E-state index in [0.717, 1.165) is 19.3 Å². The quantitative estimate of drug-likeness (QED) is 0.0753. The molecular weight excluding hydrogens is 597 g/mol. The Balaban J connectivity index is 1.64. The van der Waals surface area contributed by atoms with Crippen LogP contribution in [0.1, 0.15) is 71.1 Å². The summed E-state index contributed by atoms with van der Waals surface area (Å²) in [5, 5.41) is 2.85. The van der Waals surface area contributed by atoms with Crippen LogP contribution in [0.3, 0.4) is 0 Å². The first-order chi connectivity index (χ1) is 21.4. The number of benzene rings is 4. The Hall–Kier alpha value is -2.43. The van der Waals surface area contributed by atoms with Crippen molar-refractivity contribution in [2.24, 2.45) is 0 Å². The average Bonchev–Trinajstić information content (AvgIpc) is 3.07. The van der Waals surface area contributed by atoms with Crippen LogP contribution in [-0.2, 0) is 13.7 Å². The largest absolute Gasteiger partial charge is 0.323 e. The van der Waals surface area contributed by atoms with Crippen LogP contribution in [0.4, 0.5) is 0 Å². The number of hydrogen-bond acceptors (Lipinski definition) is 3. The average molecular weight is 647 g/mol. The summed E-state index contributed by atoms with van der Waals surface area (Å²) >= 11 is 0. The van der Waals surface area contributed by atoms with Crippen molar-refractivity contribution in [3.63, 3.8) is 0 Å². The molecule has 44 heavy (non-hydrogen) atoms. The molecule has 3 nitrogen and oxygen atoms in total. The molecule has 6 heteroatoms. The number of rotatable bonds is 19. The van der Waals surface area contributed by atoms with Crippen molar-refractivity contribution in [2.45, 2.75) is 71.1 Å². The highest BCUT2D eigenvalue weighted by Gasteiger charge is 2.42. The zero-order chi connectivity index (χ0) is 31.1. The van der Waals surface area contributed by atoms with Crippen LogP contribution in [0.25, 0.3) is 0 Å². The van der Waals surface area contributed by atoms with E-state index in [4.69, 9.17) is 0 Å². The Bertz CT molecular complexity index is 1330. The lowest BCUT2D eigenvalue weighted by atomic mass is 10.1.